The van der Waals surface area contributed by atoms with E-state index < -0.39 is 0 Å². The lowest BCUT2D eigenvalue weighted by Crippen LogP contribution is -2.17. The predicted octanol–water partition coefficient (Wildman–Crippen LogP) is 15.9. The Morgan fingerprint density at radius 2 is 0.707 bits per heavy atom. The van der Waals surface area contributed by atoms with E-state index in [0.29, 0.717) is 0 Å². The summed E-state index contributed by atoms with van der Waals surface area (Å²) in [7, 11) is 0. The molecule has 58 heavy (non-hydrogen) atoms. The number of fused-ring (bicyclic) bond motifs is 6. The van der Waals surface area contributed by atoms with E-state index in [9.17, 15) is 0 Å². The minimum atomic E-state index is -0.123. The summed E-state index contributed by atoms with van der Waals surface area (Å²) in [6.45, 7) is 9.59. The highest BCUT2D eigenvalue weighted by Crippen LogP contribution is 2.56. The minimum absolute atomic E-state index is 0.0246. The van der Waals surface area contributed by atoms with Crippen LogP contribution in [0.15, 0.2) is 182 Å². The van der Waals surface area contributed by atoms with Crippen LogP contribution in [0.5, 0.6) is 0 Å². The molecule has 0 heterocycles. The Labute approximate surface area is 340 Å². The number of hydrogen-bond donors (Lipinski definition) is 0. The molecule has 0 unspecified atom stereocenters. The third-order valence-electron chi connectivity index (χ3n) is 13.9. The molecule has 0 nitrogen and oxygen atoms in total. The second kappa shape index (κ2) is 11.9. The predicted molar refractivity (Wildman–Crippen MR) is 247 cm³/mol. The number of rotatable bonds is 4. The highest BCUT2D eigenvalue weighted by molar-refractivity contribution is 6.28. The Balaban J connectivity index is 1.01. The Kier molecular flexibility index (Phi) is 6.84. The van der Waals surface area contributed by atoms with Crippen LogP contribution in [0.2, 0.25) is 0 Å². The van der Waals surface area contributed by atoms with E-state index in [2.05, 4.69) is 210 Å². The summed E-state index contributed by atoms with van der Waals surface area (Å²) in [5.74, 6) is 0. The summed E-state index contributed by atoms with van der Waals surface area (Å²) >= 11 is 0. The first-order valence-electron chi connectivity index (χ1n) is 20.7. The van der Waals surface area contributed by atoms with Gasteiger partial charge in [0.05, 0.1) is 0 Å². The highest BCUT2D eigenvalue weighted by atomic mass is 14.4. The van der Waals surface area contributed by atoms with Crippen molar-refractivity contribution in [2.24, 2.45) is 0 Å². The molecule has 10 aromatic carbocycles. The molecular weight excluding hydrogens is 697 g/mol. The SMILES string of the molecule is CC1(C)c2ccccc2-c2cc3c(cc21)-c1ccc(-c2ccc(-c4ccc5ccc6c(-c7ccccc7)ccc7ccc4c5c76)c(-c4ccccc4)c2)cc1C3(C)C. The molecule has 0 aliphatic heterocycles. The maximum absolute atomic E-state index is 2.51. The fourth-order valence-electron chi connectivity index (χ4n) is 10.8. The van der Waals surface area contributed by atoms with E-state index in [1.807, 2.05) is 0 Å². The molecule has 0 saturated heterocycles. The van der Waals surface area contributed by atoms with Crippen LogP contribution >= 0.6 is 0 Å². The van der Waals surface area contributed by atoms with Crippen LogP contribution in [-0.4, -0.2) is 0 Å². The molecule has 0 N–H and O–H groups in total. The number of hydrogen-bond acceptors (Lipinski definition) is 0. The summed E-state index contributed by atoms with van der Waals surface area (Å²) in [6, 6.07) is 68.7. The number of benzene rings is 10. The van der Waals surface area contributed by atoms with Gasteiger partial charge in [0, 0.05) is 10.8 Å². The lowest BCUT2D eigenvalue weighted by atomic mass is 9.79. The smallest absolute Gasteiger partial charge is 0.0159 e. The molecule has 0 fully saturated rings. The lowest BCUT2D eigenvalue weighted by molar-refractivity contribution is 0.652. The molecule has 0 spiro atoms. The van der Waals surface area contributed by atoms with Crippen LogP contribution < -0.4 is 0 Å². The van der Waals surface area contributed by atoms with Gasteiger partial charge in [0.2, 0.25) is 0 Å². The molecule has 0 aromatic heterocycles. The Bertz CT molecular complexity index is 3310. The normalized spacial score (nSPS) is 14.5. The van der Waals surface area contributed by atoms with Crippen LogP contribution in [0, 0.1) is 0 Å². The topological polar surface area (TPSA) is 0 Å². The van der Waals surface area contributed by atoms with Gasteiger partial charge in [0.1, 0.15) is 0 Å². The van der Waals surface area contributed by atoms with Crippen LogP contribution in [-0.2, 0) is 10.8 Å². The van der Waals surface area contributed by atoms with Crippen molar-refractivity contribution in [3.8, 4) is 66.8 Å². The van der Waals surface area contributed by atoms with E-state index in [0.717, 1.165) is 0 Å². The molecule has 2 aliphatic carbocycles. The Morgan fingerprint density at radius 1 is 0.259 bits per heavy atom. The maximum atomic E-state index is 2.51. The van der Waals surface area contributed by atoms with E-state index in [1.54, 1.807) is 0 Å². The first kappa shape index (κ1) is 33.4. The monoisotopic (exact) mass is 738 g/mol. The molecule has 0 heteroatoms. The average Bonchev–Trinajstić information content (AvgIpc) is 3.63. The van der Waals surface area contributed by atoms with E-state index >= 15 is 0 Å². The van der Waals surface area contributed by atoms with Crippen molar-refractivity contribution in [2.45, 2.75) is 38.5 Å². The van der Waals surface area contributed by atoms with Gasteiger partial charge in [-0.2, -0.15) is 0 Å². The molecule has 0 amide bonds. The van der Waals surface area contributed by atoms with Gasteiger partial charge in [-0.1, -0.05) is 185 Å². The summed E-state index contributed by atoms with van der Waals surface area (Å²) < 4.78 is 0. The molecule has 0 atom stereocenters. The summed E-state index contributed by atoms with van der Waals surface area (Å²) in [4.78, 5) is 0. The third kappa shape index (κ3) is 4.58. The van der Waals surface area contributed by atoms with Crippen molar-refractivity contribution in [1.82, 2.24) is 0 Å². The lowest BCUT2D eigenvalue weighted by Gasteiger charge is -2.24. The average molecular weight is 739 g/mol. The molecule has 12 rings (SSSR count). The standard InChI is InChI=1S/C58H42/c1-57(2)51-18-12-11-17-44(51)49-33-54-50(34-53(49)57)45-28-24-40(32-52(45)58(54,3)4)39-23-27-43(48(31-39)36-15-9-6-10-16-36)42-26-20-38-21-29-46-41(35-13-7-5-8-14-35)25-19-37-22-30-47(42)56(38)55(37)46/h5-34H,1-4H3. The second-order valence-corrected chi connectivity index (χ2v) is 17.6. The van der Waals surface area contributed by atoms with Crippen LogP contribution in [0.4, 0.5) is 0 Å². The van der Waals surface area contributed by atoms with Gasteiger partial charge in [-0.15, -0.1) is 0 Å². The van der Waals surface area contributed by atoms with E-state index in [1.165, 1.54) is 121 Å². The van der Waals surface area contributed by atoms with Gasteiger partial charge in [0.15, 0.2) is 0 Å². The first-order chi connectivity index (χ1) is 28.3. The van der Waals surface area contributed by atoms with E-state index in [-0.39, 0.29) is 10.8 Å². The quantitative estimate of drug-likeness (QED) is 0.158. The van der Waals surface area contributed by atoms with Crippen molar-refractivity contribution in [3.63, 3.8) is 0 Å². The highest BCUT2D eigenvalue weighted by Gasteiger charge is 2.41. The Hall–Kier alpha value is -6.76. The Morgan fingerprint density at radius 3 is 1.36 bits per heavy atom. The molecular formula is C58H42. The van der Waals surface area contributed by atoms with Gasteiger partial charge in [-0.25, -0.2) is 0 Å². The zero-order chi connectivity index (χ0) is 38.9. The van der Waals surface area contributed by atoms with Crippen molar-refractivity contribution < 1.29 is 0 Å². The summed E-state index contributed by atoms with van der Waals surface area (Å²) in [5, 5.41) is 7.84. The summed E-state index contributed by atoms with van der Waals surface area (Å²) in [6.07, 6.45) is 0. The zero-order valence-electron chi connectivity index (χ0n) is 33.3. The molecule has 274 valence electrons. The van der Waals surface area contributed by atoms with Crippen LogP contribution in [0.3, 0.4) is 0 Å². The zero-order valence-corrected chi connectivity index (χ0v) is 33.3. The van der Waals surface area contributed by atoms with E-state index in [4.69, 9.17) is 0 Å². The van der Waals surface area contributed by atoms with Gasteiger partial charge in [-0.3, -0.25) is 0 Å². The van der Waals surface area contributed by atoms with Gasteiger partial charge in [-0.05, 0) is 146 Å². The molecule has 10 aromatic rings. The minimum Gasteiger partial charge on any atom is -0.0622 e. The van der Waals surface area contributed by atoms with Crippen LogP contribution in [0.25, 0.3) is 99.1 Å². The first-order valence-corrected chi connectivity index (χ1v) is 20.7. The van der Waals surface area contributed by atoms with Gasteiger partial charge >= 0.3 is 0 Å². The largest absolute Gasteiger partial charge is 0.0622 e. The van der Waals surface area contributed by atoms with Crippen molar-refractivity contribution >= 4 is 32.3 Å². The fraction of sp³-hybridized carbons (Fsp3) is 0.103. The molecule has 0 radical (unpaired) electrons. The van der Waals surface area contributed by atoms with Gasteiger partial charge < -0.3 is 0 Å². The molecule has 0 bridgehead atoms. The second-order valence-electron chi connectivity index (χ2n) is 17.6. The van der Waals surface area contributed by atoms with Crippen molar-refractivity contribution in [1.29, 1.82) is 0 Å². The summed E-state index contributed by atoms with van der Waals surface area (Å²) in [5.41, 5.74) is 21.1. The van der Waals surface area contributed by atoms with Crippen molar-refractivity contribution in [3.05, 3.63) is 204 Å². The maximum Gasteiger partial charge on any atom is 0.0159 e. The van der Waals surface area contributed by atoms with Crippen molar-refractivity contribution in [2.75, 3.05) is 0 Å². The fourth-order valence-corrected chi connectivity index (χ4v) is 10.8. The third-order valence-corrected chi connectivity index (χ3v) is 13.9. The van der Waals surface area contributed by atoms with Gasteiger partial charge in [0.25, 0.3) is 0 Å². The molecule has 2 aliphatic rings. The molecule has 0 saturated carbocycles. The van der Waals surface area contributed by atoms with Crippen LogP contribution in [0.1, 0.15) is 49.9 Å².